The summed E-state index contributed by atoms with van der Waals surface area (Å²) in [6, 6.07) is 25.2. The van der Waals surface area contributed by atoms with Crippen LogP contribution in [-0.2, 0) is 9.59 Å². The lowest BCUT2D eigenvalue weighted by Crippen LogP contribution is -2.30. The molecule has 3 amide bonds. The fourth-order valence-electron chi connectivity index (χ4n) is 3.87. The Balaban J connectivity index is 1.46. The summed E-state index contributed by atoms with van der Waals surface area (Å²) in [6.45, 7) is 5.83. The van der Waals surface area contributed by atoms with Crippen molar-refractivity contribution in [3.05, 3.63) is 130 Å². The Labute approximate surface area is 253 Å². The van der Waals surface area contributed by atoms with Gasteiger partial charge >= 0.3 is 0 Å². The van der Waals surface area contributed by atoms with Gasteiger partial charge in [0.2, 0.25) is 5.91 Å². The summed E-state index contributed by atoms with van der Waals surface area (Å²) in [7, 11) is 0. The van der Waals surface area contributed by atoms with Crippen LogP contribution in [0.1, 0.15) is 34.0 Å². The quantitative estimate of drug-likeness (QED) is 0.136. The normalized spacial score (nSPS) is 11.9. The van der Waals surface area contributed by atoms with Crippen LogP contribution in [0.3, 0.4) is 0 Å². The second-order valence-corrected chi connectivity index (χ2v) is 11.4. The number of anilines is 2. The van der Waals surface area contributed by atoms with Gasteiger partial charge in [-0.05, 0) is 98.6 Å². The molecule has 4 aromatic rings. The summed E-state index contributed by atoms with van der Waals surface area (Å²) in [5.41, 5.74) is 3.54. The van der Waals surface area contributed by atoms with Crippen molar-refractivity contribution in [3.63, 3.8) is 0 Å². The van der Waals surface area contributed by atoms with E-state index in [9.17, 15) is 18.8 Å². The minimum Gasteiger partial charge on any atom is -0.325 e. The smallest absolute Gasteiger partial charge is 0.272 e. The highest BCUT2D eigenvalue weighted by atomic mass is 35.5. The van der Waals surface area contributed by atoms with E-state index in [2.05, 4.69) is 16.0 Å². The predicted molar refractivity (Wildman–Crippen MR) is 168 cm³/mol. The number of rotatable bonds is 9. The number of nitrogens with one attached hydrogen (secondary N) is 3. The van der Waals surface area contributed by atoms with Crippen molar-refractivity contribution in [1.82, 2.24) is 5.32 Å². The van der Waals surface area contributed by atoms with Gasteiger partial charge in [-0.15, -0.1) is 11.8 Å². The first kappa shape index (κ1) is 30.6. The van der Waals surface area contributed by atoms with Crippen molar-refractivity contribution < 1.29 is 18.8 Å². The van der Waals surface area contributed by atoms with Crippen LogP contribution in [0.4, 0.5) is 15.8 Å². The third kappa shape index (κ3) is 8.09. The molecule has 1 unspecified atom stereocenters. The minimum atomic E-state index is -0.667. The molecule has 3 N–H and O–H groups in total. The first-order valence-electron chi connectivity index (χ1n) is 13.1. The van der Waals surface area contributed by atoms with E-state index >= 15 is 0 Å². The van der Waals surface area contributed by atoms with Crippen molar-refractivity contribution in [3.8, 4) is 0 Å². The SMILES string of the molecule is Cc1ccc(NC(=O)C(C)Sc2ccc(NC(=O)/C(=C/c3c(F)cccc3Cl)NC(=O)c3ccccc3)cc2)cc1C. The summed E-state index contributed by atoms with van der Waals surface area (Å²) in [4.78, 5) is 39.6. The van der Waals surface area contributed by atoms with Gasteiger partial charge in [0.1, 0.15) is 11.5 Å². The number of benzene rings is 4. The Morgan fingerprint density at radius 1 is 0.833 bits per heavy atom. The molecule has 0 spiro atoms. The maximum absolute atomic E-state index is 14.5. The van der Waals surface area contributed by atoms with Gasteiger partial charge in [0, 0.05) is 27.4 Å². The number of amides is 3. The van der Waals surface area contributed by atoms with Crippen LogP contribution in [0.15, 0.2) is 102 Å². The summed E-state index contributed by atoms with van der Waals surface area (Å²) in [6.07, 6.45) is 1.20. The lowest BCUT2D eigenvalue weighted by Gasteiger charge is -2.14. The van der Waals surface area contributed by atoms with E-state index in [1.165, 1.54) is 36.0 Å². The van der Waals surface area contributed by atoms with Gasteiger partial charge in [0.25, 0.3) is 11.8 Å². The Bertz CT molecular complexity index is 1620. The Kier molecular flexibility index (Phi) is 10.2. The number of carbonyl (C=O) groups excluding carboxylic acids is 3. The maximum Gasteiger partial charge on any atom is 0.272 e. The summed E-state index contributed by atoms with van der Waals surface area (Å²) >= 11 is 7.55. The molecule has 0 aliphatic carbocycles. The van der Waals surface area contributed by atoms with Crippen LogP contribution in [-0.4, -0.2) is 23.0 Å². The van der Waals surface area contributed by atoms with E-state index in [1.807, 2.05) is 39.0 Å². The molecule has 9 heteroatoms. The lowest BCUT2D eigenvalue weighted by molar-refractivity contribution is -0.115. The van der Waals surface area contributed by atoms with Crippen molar-refractivity contribution in [1.29, 1.82) is 0 Å². The van der Waals surface area contributed by atoms with Crippen molar-refractivity contribution in [2.75, 3.05) is 10.6 Å². The molecule has 0 fully saturated rings. The molecule has 0 bridgehead atoms. The molecule has 6 nitrogen and oxygen atoms in total. The summed E-state index contributed by atoms with van der Waals surface area (Å²) < 4.78 is 14.5. The Morgan fingerprint density at radius 3 is 2.19 bits per heavy atom. The molecule has 0 aliphatic rings. The van der Waals surface area contributed by atoms with Crippen LogP contribution in [0, 0.1) is 19.7 Å². The molecule has 42 heavy (non-hydrogen) atoms. The highest BCUT2D eigenvalue weighted by Crippen LogP contribution is 2.27. The zero-order valence-electron chi connectivity index (χ0n) is 23.2. The predicted octanol–water partition coefficient (Wildman–Crippen LogP) is 7.62. The highest BCUT2D eigenvalue weighted by molar-refractivity contribution is 8.00. The van der Waals surface area contributed by atoms with Crippen molar-refractivity contribution >= 4 is 58.5 Å². The van der Waals surface area contributed by atoms with E-state index in [0.717, 1.165) is 21.7 Å². The first-order valence-corrected chi connectivity index (χ1v) is 14.3. The molecule has 4 rings (SSSR count). The molecule has 0 saturated heterocycles. The molecule has 4 aromatic carbocycles. The van der Waals surface area contributed by atoms with Crippen LogP contribution < -0.4 is 16.0 Å². The standard InChI is InChI=1S/C33H29ClFN3O3S/c1-20-12-13-25(18-21(20)2)37-31(39)22(3)42-26-16-14-24(15-17-26)36-33(41)30(19-27-28(34)10-7-11-29(27)35)38-32(40)23-8-5-4-6-9-23/h4-19,22H,1-3H3,(H,36,41)(H,37,39)(H,38,40)/b30-19-. The lowest BCUT2D eigenvalue weighted by atomic mass is 10.1. The second-order valence-electron chi connectivity index (χ2n) is 9.54. The van der Waals surface area contributed by atoms with Gasteiger partial charge < -0.3 is 16.0 Å². The van der Waals surface area contributed by atoms with Gasteiger partial charge in [-0.2, -0.15) is 0 Å². The zero-order chi connectivity index (χ0) is 30.2. The van der Waals surface area contributed by atoms with Crippen molar-refractivity contribution in [2.45, 2.75) is 30.9 Å². The summed E-state index contributed by atoms with van der Waals surface area (Å²) in [5.74, 6) is -1.97. The number of hydrogen-bond acceptors (Lipinski definition) is 4. The molecule has 0 heterocycles. The molecule has 0 aromatic heterocycles. The zero-order valence-corrected chi connectivity index (χ0v) is 24.8. The molecular formula is C33H29ClFN3O3S. The number of hydrogen-bond donors (Lipinski definition) is 3. The average molecular weight is 602 g/mol. The molecule has 1 atom stereocenters. The van der Waals surface area contributed by atoms with E-state index in [1.54, 1.807) is 54.6 Å². The largest absolute Gasteiger partial charge is 0.325 e. The number of aryl methyl sites for hydroxylation is 2. The maximum atomic E-state index is 14.5. The van der Waals surface area contributed by atoms with Gasteiger partial charge in [0.15, 0.2) is 0 Å². The van der Waals surface area contributed by atoms with E-state index < -0.39 is 17.6 Å². The third-order valence-corrected chi connectivity index (χ3v) is 7.83. The van der Waals surface area contributed by atoms with Crippen molar-refractivity contribution in [2.24, 2.45) is 0 Å². The molecular weight excluding hydrogens is 573 g/mol. The molecule has 214 valence electrons. The van der Waals surface area contributed by atoms with Crippen LogP contribution in [0.2, 0.25) is 5.02 Å². The summed E-state index contributed by atoms with van der Waals surface area (Å²) in [5, 5.41) is 7.95. The second kappa shape index (κ2) is 14.0. The minimum absolute atomic E-state index is 0.0301. The van der Waals surface area contributed by atoms with Gasteiger partial charge in [0.05, 0.1) is 10.3 Å². The average Bonchev–Trinajstić information content (AvgIpc) is 2.97. The van der Waals surface area contributed by atoms with Gasteiger partial charge in [-0.3, -0.25) is 14.4 Å². The fourth-order valence-corrected chi connectivity index (χ4v) is 4.96. The van der Waals surface area contributed by atoms with Crippen LogP contribution in [0.25, 0.3) is 6.08 Å². The number of halogens is 2. The monoisotopic (exact) mass is 601 g/mol. The van der Waals surface area contributed by atoms with Crippen LogP contribution >= 0.6 is 23.4 Å². The van der Waals surface area contributed by atoms with Gasteiger partial charge in [-0.1, -0.05) is 41.9 Å². The molecule has 0 aliphatic heterocycles. The van der Waals surface area contributed by atoms with Gasteiger partial charge in [-0.25, -0.2) is 4.39 Å². The third-order valence-electron chi connectivity index (χ3n) is 6.39. The Morgan fingerprint density at radius 2 is 1.52 bits per heavy atom. The molecule has 0 saturated carbocycles. The topological polar surface area (TPSA) is 87.3 Å². The first-order chi connectivity index (χ1) is 20.1. The van der Waals surface area contributed by atoms with E-state index in [-0.39, 0.29) is 27.4 Å². The Hall–Kier alpha value is -4.40. The highest BCUT2D eigenvalue weighted by Gasteiger charge is 2.18. The number of carbonyl (C=O) groups is 3. The fraction of sp³-hybridized carbons (Fsp3) is 0.121. The van der Waals surface area contributed by atoms with E-state index in [0.29, 0.717) is 11.3 Å². The van der Waals surface area contributed by atoms with E-state index in [4.69, 9.17) is 11.6 Å². The number of thioether (sulfide) groups is 1. The molecule has 0 radical (unpaired) electrons. The van der Waals surface area contributed by atoms with Crippen LogP contribution in [0.5, 0.6) is 0 Å².